The third-order valence-electron chi connectivity index (χ3n) is 7.35. The molecule has 0 unspecified atom stereocenters. The molecule has 0 spiro atoms. The monoisotopic (exact) mass is 409 g/mol. The van der Waals surface area contributed by atoms with Crippen LogP contribution in [0, 0.1) is 0 Å². The van der Waals surface area contributed by atoms with Crippen molar-refractivity contribution in [1.29, 1.82) is 0 Å². The number of likely N-dealkylation sites (tertiary alicyclic amines) is 1. The fourth-order valence-corrected chi connectivity index (χ4v) is 5.58. The first kappa shape index (κ1) is 20.0. The van der Waals surface area contributed by atoms with E-state index in [1.807, 2.05) is 23.1 Å². The number of nitrogens with zero attached hydrogens (tertiary/aromatic N) is 5. The highest BCUT2D eigenvalue weighted by atomic mass is 16.2. The van der Waals surface area contributed by atoms with E-state index in [9.17, 15) is 4.79 Å². The van der Waals surface area contributed by atoms with Gasteiger partial charge in [0.1, 0.15) is 5.65 Å². The van der Waals surface area contributed by atoms with Crippen molar-refractivity contribution in [3.05, 3.63) is 35.8 Å². The first-order valence-corrected chi connectivity index (χ1v) is 12.0. The predicted molar refractivity (Wildman–Crippen MR) is 119 cm³/mol. The van der Waals surface area contributed by atoms with E-state index in [1.165, 1.54) is 51.4 Å². The van der Waals surface area contributed by atoms with Gasteiger partial charge in [0.05, 0.1) is 5.69 Å². The van der Waals surface area contributed by atoms with Gasteiger partial charge < -0.3 is 9.30 Å². The SMILES string of the molecule is O=C(c1nc2ccccn2c1CN1CCCCC1)N1CCN(C2CCCCC2)CC1. The summed E-state index contributed by atoms with van der Waals surface area (Å²) in [6, 6.07) is 6.79. The molecule has 0 N–H and O–H groups in total. The Hall–Kier alpha value is -1.92. The standard InChI is InChI=1S/C24H35N5O/c30-24(28-17-15-27(16-18-28)20-9-3-1-4-10-20)23-21(19-26-12-6-2-7-13-26)29-14-8-5-11-22(29)25-23/h5,8,11,14,20H,1-4,6-7,9-10,12-13,15-19H2. The maximum Gasteiger partial charge on any atom is 0.274 e. The lowest BCUT2D eigenvalue weighted by atomic mass is 9.94. The number of pyridine rings is 1. The molecule has 2 saturated heterocycles. The minimum absolute atomic E-state index is 0.119. The molecule has 1 aliphatic carbocycles. The zero-order valence-corrected chi connectivity index (χ0v) is 18.1. The van der Waals surface area contributed by atoms with Crippen LogP contribution in [0.15, 0.2) is 24.4 Å². The molecule has 3 aliphatic rings. The molecule has 30 heavy (non-hydrogen) atoms. The lowest BCUT2D eigenvalue weighted by Gasteiger charge is -2.40. The van der Waals surface area contributed by atoms with Crippen molar-refractivity contribution in [1.82, 2.24) is 24.1 Å². The quantitative estimate of drug-likeness (QED) is 0.776. The summed E-state index contributed by atoms with van der Waals surface area (Å²) in [4.78, 5) is 25.5. The highest BCUT2D eigenvalue weighted by Gasteiger charge is 2.30. The molecular formula is C24H35N5O. The van der Waals surface area contributed by atoms with Crippen LogP contribution in [0.1, 0.15) is 67.5 Å². The Morgan fingerprint density at radius 3 is 2.40 bits per heavy atom. The van der Waals surface area contributed by atoms with Crippen LogP contribution >= 0.6 is 0 Å². The van der Waals surface area contributed by atoms with Crippen LogP contribution in [-0.2, 0) is 6.54 Å². The van der Waals surface area contributed by atoms with Gasteiger partial charge in [-0.25, -0.2) is 4.98 Å². The third kappa shape index (κ3) is 4.12. The smallest absolute Gasteiger partial charge is 0.274 e. The first-order valence-electron chi connectivity index (χ1n) is 12.0. The van der Waals surface area contributed by atoms with Crippen molar-refractivity contribution >= 4 is 11.6 Å². The number of carbonyl (C=O) groups is 1. The summed E-state index contributed by atoms with van der Waals surface area (Å²) >= 11 is 0. The van der Waals surface area contributed by atoms with E-state index >= 15 is 0 Å². The second kappa shape index (κ2) is 9.06. The molecule has 162 valence electrons. The molecule has 2 aromatic heterocycles. The minimum Gasteiger partial charge on any atom is -0.335 e. The van der Waals surface area contributed by atoms with Crippen LogP contribution in [-0.4, -0.2) is 75.3 Å². The number of hydrogen-bond acceptors (Lipinski definition) is 4. The van der Waals surface area contributed by atoms with Gasteiger partial charge >= 0.3 is 0 Å². The van der Waals surface area contributed by atoms with Crippen molar-refractivity contribution in [3.8, 4) is 0 Å². The predicted octanol–water partition coefficient (Wildman–Crippen LogP) is 3.41. The molecule has 0 radical (unpaired) electrons. The van der Waals surface area contributed by atoms with Gasteiger partial charge in [-0.1, -0.05) is 31.7 Å². The van der Waals surface area contributed by atoms with Gasteiger partial charge in [-0.3, -0.25) is 14.6 Å². The zero-order chi connectivity index (χ0) is 20.3. The second-order valence-corrected chi connectivity index (χ2v) is 9.29. The van der Waals surface area contributed by atoms with Gasteiger partial charge in [0.25, 0.3) is 5.91 Å². The summed E-state index contributed by atoms with van der Waals surface area (Å²) in [5, 5.41) is 0. The van der Waals surface area contributed by atoms with Crippen molar-refractivity contribution in [2.75, 3.05) is 39.3 Å². The molecule has 3 fully saturated rings. The number of imidazole rings is 1. The number of fused-ring (bicyclic) bond motifs is 1. The summed E-state index contributed by atoms with van der Waals surface area (Å²) in [7, 11) is 0. The number of amides is 1. The molecule has 1 amide bonds. The molecule has 1 saturated carbocycles. The number of rotatable bonds is 4. The van der Waals surface area contributed by atoms with Crippen LogP contribution in [0.3, 0.4) is 0 Å². The molecule has 0 bridgehead atoms. The maximum absolute atomic E-state index is 13.5. The van der Waals surface area contributed by atoms with Gasteiger partial charge in [-0.2, -0.15) is 0 Å². The Morgan fingerprint density at radius 1 is 0.900 bits per heavy atom. The largest absolute Gasteiger partial charge is 0.335 e. The Morgan fingerprint density at radius 2 is 1.63 bits per heavy atom. The lowest BCUT2D eigenvalue weighted by molar-refractivity contribution is 0.0516. The van der Waals surface area contributed by atoms with Crippen LogP contribution in [0.5, 0.6) is 0 Å². The number of hydrogen-bond donors (Lipinski definition) is 0. The van der Waals surface area contributed by atoms with Crippen LogP contribution in [0.25, 0.3) is 5.65 Å². The number of carbonyl (C=O) groups excluding carboxylic acids is 1. The van der Waals surface area contributed by atoms with Crippen molar-refractivity contribution in [2.24, 2.45) is 0 Å². The van der Waals surface area contributed by atoms with E-state index in [1.54, 1.807) is 0 Å². The highest BCUT2D eigenvalue weighted by Crippen LogP contribution is 2.25. The Kier molecular flexibility index (Phi) is 6.05. The summed E-state index contributed by atoms with van der Waals surface area (Å²) in [6.45, 7) is 6.71. The van der Waals surface area contributed by atoms with Crippen molar-refractivity contribution in [2.45, 2.75) is 64.0 Å². The van der Waals surface area contributed by atoms with E-state index in [-0.39, 0.29) is 5.91 Å². The van der Waals surface area contributed by atoms with Crippen molar-refractivity contribution < 1.29 is 4.79 Å². The maximum atomic E-state index is 13.5. The molecule has 6 nitrogen and oxygen atoms in total. The fraction of sp³-hybridized carbons (Fsp3) is 0.667. The molecular weight excluding hydrogens is 374 g/mol. The lowest BCUT2D eigenvalue weighted by Crippen LogP contribution is -2.52. The molecule has 0 atom stereocenters. The number of piperidine rings is 1. The van der Waals surface area contributed by atoms with E-state index in [0.29, 0.717) is 5.69 Å². The van der Waals surface area contributed by atoms with E-state index < -0.39 is 0 Å². The Bertz CT molecular complexity index is 858. The van der Waals surface area contributed by atoms with Crippen LogP contribution in [0.4, 0.5) is 0 Å². The van der Waals surface area contributed by atoms with Crippen LogP contribution < -0.4 is 0 Å². The molecule has 4 heterocycles. The summed E-state index contributed by atoms with van der Waals surface area (Å²) in [5.74, 6) is 0.119. The van der Waals surface area contributed by atoms with E-state index in [4.69, 9.17) is 4.98 Å². The summed E-state index contributed by atoms with van der Waals surface area (Å²) < 4.78 is 2.13. The average molecular weight is 410 g/mol. The second-order valence-electron chi connectivity index (χ2n) is 9.29. The van der Waals surface area contributed by atoms with Crippen LogP contribution in [0.2, 0.25) is 0 Å². The summed E-state index contributed by atoms with van der Waals surface area (Å²) in [5.41, 5.74) is 2.61. The third-order valence-corrected chi connectivity index (χ3v) is 7.35. The number of piperazine rings is 1. The fourth-order valence-electron chi connectivity index (χ4n) is 5.58. The minimum atomic E-state index is 0.119. The normalized spacial score (nSPS) is 22.6. The highest BCUT2D eigenvalue weighted by molar-refractivity contribution is 5.94. The molecule has 6 heteroatoms. The molecule has 2 aliphatic heterocycles. The van der Waals surface area contributed by atoms with Crippen molar-refractivity contribution in [3.63, 3.8) is 0 Å². The Labute approximate surface area is 179 Å². The average Bonchev–Trinajstić information content (AvgIpc) is 3.18. The topological polar surface area (TPSA) is 44.1 Å². The van der Waals surface area contributed by atoms with Gasteiger partial charge in [-0.15, -0.1) is 0 Å². The van der Waals surface area contributed by atoms with Gasteiger partial charge in [-0.05, 0) is 50.9 Å². The van der Waals surface area contributed by atoms with E-state index in [2.05, 4.69) is 20.4 Å². The molecule has 2 aromatic rings. The van der Waals surface area contributed by atoms with Gasteiger partial charge in [0.15, 0.2) is 5.69 Å². The van der Waals surface area contributed by atoms with Gasteiger partial charge in [0, 0.05) is 45.0 Å². The molecule has 0 aromatic carbocycles. The summed E-state index contributed by atoms with van der Waals surface area (Å²) in [6.07, 6.45) is 12.7. The molecule has 5 rings (SSSR count). The Balaban J connectivity index is 1.32. The van der Waals surface area contributed by atoms with E-state index in [0.717, 1.165) is 63.2 Å². The zero-order valence-electron chi connectivity index (χ0n) is 18.1. The van der Waals surface area contributed by atoms with Gasteiger partial charge in [0.2, 0.25) is 0 Å². The number of aromatic nitrogens is 2. The first-order chi connectivity index (χ1) is 14.8.